The Hall–Kier alpha value is -1.91. The highest BCUT2D eigenvalue weighted by Crippen LogP contribution is 2.49. The minimum absolute atomic E-state index is 0.0594. The van der Waals surface area contributed by atoms with Crippen molar-refractivity contribution in [2.75, 3.05) is 0 Å². The van der Waals surface area contributed by atoms with Gasteiger partial charge in [0.25, 0.3) is 0 Å². The standard InChI is InChI=1S/C15H18O5/c1-8(13(17)18)10-7-15(2)9(6-12(10)16)4-3-5-11(15)14(19)20/h5,7-9H,3-4,6H2,1-2H3,(H,17,18)(H,19,20)/t8?,9-,15+/m1/s1. The lowest BCUT2D eigenvalue weighted by molar-refractivity contribution is -0.141. The van der Waals surface area contributed by atoms with Gasteiger partial charge in [-0.25, -0.2) is 4.79 Å². The molecule has 3 atom stereocenters. The molecule has 0 bridgehead atoms. The molecule has 0 fully saturated rings. The first-order chi connectivity index (χ1) is 9.27. The van der Waals surface area contributed by atoms with Gasteiger partial charge in [0.2, 0.25) is 0 Å². The maximum Gasteiger partial charge on any atom is 0.332 e. The zero-order chi connectivity index (χ0) is 15.1. The topological polar surface area (TPSA) is 91.7 Å². The minimum atomic E-state index is -1.07. The van der Waals surface area contributed by atoms with Crippen molar-refractivity contribution < 1.29 is 24.6 Å². The van der Waals surface area contributed by atoms with Crippen LogP contribution in [0.15, 0.2) is 23.3 Å². The van der Waals surface area contributed by atoms with Gasteiger partial charge in [-0.05, 0) is 25.7 Å². The van der Waals surface area contributed by atoms with Crippen molar-refractivity contribution in [3.05, 3.63) is 23.3 Å². The van der Waals surface area contributed by atoms with E-state index < -0.39 is 23.3 Å². The first-order valence-corrected chi connectivity index (χ1v) is 6.70. The second-order valence-electron chi connectivity index (χ2n) is 5.77. The monoisotopic (exact) mass is 278 g/mol. The molecule has 108 valence electrons. The second-order valence-corrected chi connectivity index (χ2v) is 5.77. The lowest BCUT2D eigenvalue weighted by Crippen LogP contribution is -2.40. The van der Waals surface area contributed by atoms with E-state index in [-0.39, 0.29) is 29.3 Å². The molecule has 0 aromatic carbocycles. The summed E-state index contributed by atoms with van der Waals surface area (Å²) in [5.41, 5.74) is -0.251. The predicted octanol–water partition coefficient (Wildman–Crippen LogP) is 2.03. The molecule has 0 aromatic rings. The average molecular weight is 278 g/mol. The van der Waals surface area contributed by atoms with Gasteiger partial charge in [-0.3, -0.25) is 9.59 Å². The summed E-state index contributed by atoms with van der Waals surface area (Å²) in [4.78, 5) is 34.6. The normalized spacial score (nSPS) is 30.9. The van der Waals surface area contributed by atoms with Crippen molar-refractivity contribution in [3.8, 4) is 0 Å². The number of carbonyl (C=O) groups is 3. The Bertz CT molecular complexity index is 542. The van der Waals surface area contributed by atoms with E-state index in [1.165, 1.54) is 6.92 Å². The number of carboxylic acid groups (broad SMARTS) is 2. The Labute approximate surface area is 117 Å². The van der Waals surface area contributed by atoms with E-state index in [1.807, 2.05) is 0 Å². The van der Waals surface area contributed by atoms with Crippen molar-refractivity contribution in [1.82, 2.24) is 0 Å². The molecule has 0 saturated heterocycles. The van der Waals surface area contributed by atoms with Crippen molar-refractivity contribution in [3.63, 3.8) is 0 Å². The zero-order valence-corrected chi connectivity index (χ0v) is 11.5. The molecule has 20 heavy (non-hydrogen) atoms. The molecule has 1 unspecified atom stereocenters. The van der Waals surface area contributed by atoms with Crippen molar-refractivity contribution >= 4 is 17.7 Å². The number of rotatable bonds is 3. The first kappa shape index (κ1) is 14.5. The minimum Gasteiger partial charge on any atom is -0.481 e. The van der Waals surface area contributed by atoms with Gasteiger partial charge in [0.1, 0.15) is 0 Å². The fourth-order valence-corrected chi connectivity index (χ4v) is 3.24. The van der Waals surface area contributed by atoms with Crippen LogP contribution in [0.5, 0.6) is 0 Å². The van der Waals surface area contributed by atoms with Gasteiger partial charge in [-0.15, -0.1) is 0 Å². The molecule has 0 heterocycles. The molecule has 2 rings (SSSR count). The van der Waals surface area contributed by atoms with Crippen LogP contribution >= 0.6 is 0 Å². The van der Waals surface area contributed by atoms with Crippen LogP contribution in [0.2, 0.25) is 0 Å². The Morgan fingerprint density at radius 1 is 1.40 bits per heavy atom. The second kappa shape index (κ2) is 4.89. The maximum absolute atomic E-state index is 12.1. The van der Waals surface area contributed by atoms with Crippen molar-refractivity contribution in [2.45, 2.75) is 33.1 Å². The molecular formula is C15H18O5. The van der Waals surface area contributed by atoms with Gasteiger partial charge < -0.3 is 10.2 Å². The maximum atomic E-state index is 12.1. The number of ketones is 1. The molecule has 0 spiro atoms. The van der Waals surface area contributed by atoms with Gasteiger partial charge in [0.15, 0.2) is 5.78 Å². The van der Waals surface area contributed by atoms with Crippen LogP contribution in [0.1, 0.15) is 33.1 Å². The average Bonchev–Trinajstić information content (AvgIpc) is 2.36. The summed E-state index contributed by atoms with van der Waals surface area (Å²) >= 11 is 0. The van der Waals surface area contributed by atoms with Gasteiger partial charge >= 0.3 is 11.9 Å². The van der Waals surface area contributed by atoms with E-state index in [0.717, 1.165) is 6.42 Å². The number of aliphatic carboxylic acids is 2. The van der Waals surface area contributed by atoms with E-state index in [0.29, 0.717) is 6.42 Å². The number of hydrogen-bond donors (Lipinski definition) is 2. The highest BCUT2D eigenvalue weighted by molar-refractivity contribution is 6.02. The number of allylic oxidation sites excluding steroid dienone is 2. The largest absolute Gasteiger partial charge is 0.481 e. The Morgan fingerprint density at radius 2 is 2.05 bits per heavy atom. The fraction of sp³-hybridized carbons (Fsp3) is 0.533. The van der Waals surface area contributed by atoms with Gasteiger partial charge in [0.05, 0.1) is 5.92 Å². The number of hydrogen-bond acceptors (Lipinski definition) is 3. The Balaban J connectivity index is 2.52. The fourth-order valence-electron chi connectivity index (χ4n) is 3.24. The Kier molecular flexibility index (Phi) is 3.54. The summed E-state index contributed by atoms with van der Waals surface area (Å²) in [6, 6.07) is 0. The summed E-state index contributed by atoms with van der Waals surface area (Å²) in [6.07, 6.45) is 4.90. The SMILES string of the molecule is CC(C(=O)O)C1=C[C@]2(C)C(C(=O)O)=CCC[C@@H]2CC1=O. The molecular weight excluding hydrogens is 260 g/mol. The molecule has 2 aliphatic rings. The number of carbonyl (C=O) groups excluding carboxylic acids is 1. The van der Waals surface area contributed by atoms with E-state index in [2.05, 4.69) is 0 Å². The van der Waals surface area contributed by atoms with E-state index >= 15 is 0 Å². The smallest absolute Gasteiger partial charge is 0.332 e. The van der Waals surface area contributed by atoms with E-state index in [4.69, 9.17) is 5.11 Å². The lowest BCUT2D eigenvalue weighted by atomic mass is 9.60. The van der Waals surface area contributed by atoms with Crippen LogP contribution < -0.4 is 0 Å². The third-order valence-electron chi connectivity index (χ3n) is 4.57. The number of fused-ring (bicyclic) bond motifs is 1. The molecule has 5 nitrogen and oxygen atoms in total. The highest BCUT2D eigenvalue weighted by atomic mass is 16.4. The molecule has 2 aliphatic carbocycles. The van der Waals surface area contributed by atoms with E-state index in [9.17, 15) is 19.5 Å². The molecule has 5 heteroatoms. The summed E-state index contributed by atoms with van der Waals surface area (Å²) in [6.45, 7) is 3.25. The van der Waals surface area contributed by atoms with Gasteiger partial charge in [-0.2, -0.15) is 0 Å². The summed E-state index contributed by atoms with van der Waals surface area (Å²) in [5, 5.41) is 18.4. The molecule has 0 aliphatic heterocycles. The zero-order valence-electron chi connectivity index (χ0n) is 11.5. The van der Waals surface area contributed by atoms with Crippen LogP contribution in [0.4, 0.5) is 0 Å². The molecule has 0 saturated carbocycles. The van der Waals surface area contributed by atoms with Gasteiger partial charge in [-0.1, -0.05) is 19.1 Å². The highest BCUT2D eigenvalue weighted by Gasteiger charge is 2.46. The molecule has 0 amide bonds. The third-order valence-corrected chi connectivity index (χ3v) is 4.57. The Morgan fingerprint density at radius 3 is 2.60 bits per heavy atom. The summed E-state index contributed by atoms with van der Waals surface area (Å²) < 4.78 is 0. The number of carboxylic acids is 2. The molecule has 2 N–H and O–H groups in total. The van der Waals surface area contributed by atoms with Crippen LogP contribution in [0.25, 0.3) is 0 Å². The van der Waals surface area contributed by atoms with Crippen molar-refractivity contribution in [1.29, 1.82) is 0 Å². The number of Topliss-reactive ketones (excluding diaryl/α,β-unsaturated/α-hetero) is 1. The first-order valence-electron chi connectivity index (χ1n) is 6.70. The summed E-state index contributed by atoms with van der Waals surface area (Å²) in [7, 11) is 0. The molecule has 0 aromatic heterocycles. The van der Waals surface area contributed by atoms with Crippen LogP contribution in [0.3, 0.4) is 0 Å². The third kappa shape index (κ3) is 2.17. The van der Waals surface area contributed by atoms with Crippen molar-refractivity contribution in [2.24, 2.45) is 17.3 Å². The lowest BCUT2D eigenvalue weighted by Gasteiger charge is -2.42. The predicted molar refractivity (Wildman–Crippen MR) is 71.1 cm³/mol. The van der Waals surface area contributed by atoms with Gasteiger partial charge in [0, 0.05) is 23.0 Å². The van der Waals surface area contributed by atoms with Crippen LogP contribution in [-0.4, -0.2) is 27.9 Å². The molecule has 0 radical (unpaired) electrons. The van der Waals surface area contributed by atoms with Crippen LogP contribution in [0, 0.1) is 17.3 Å². The summed E-state index contributed by atoms with van der Waals surface area (Å²) in [5.74, 6) is -3.20. The van der Waals surface area contributed by atoms with E-state index in [1.54, 1.807) is 19.1 Å². The quantitative estimate of drug-likeness (QED) is 0.824. The van der Waals surface area contributed by atoms with Crippen LogP contribution in [-0.2, 0) is 14.4 Å².